The summed E-state index contributed by atoms with van der Waals surface area (Å²) in [5.74, 6) is -0.324. The van der Waals surface area contributed by atoms with Crippen molar-refractivity contribution in [3.63, 3.8) is 0 Å². The second-order valence-electron chi connectivity index (χ2n) is 9.97. The summed E-state index contributed by atoms with van der Waals surface area (Å²) in [6.07, 6.45) is 2.94. The predicted octanol–water partition coefficient (Wildman–Crippen LogP) is 4.88. The molecule has 0 aliphatic carbocycles. The van der Waals surface area contributed by atoms with E-state index in [1.165, 1.54) is 10.6 Å². The Balaban J connectivity index is 2.26. The molecular formula is C29H43N3O4S. The third-order valence-corrected chi connectivity index (χ3v) is 7.83. The summed E-state index contributed by atoms with van der Waals surface area (Å²) in [5.41, 5.74) is 4.59. The van der Waals surface area contributed by atoms with E-state index in [-0.39, 0.29) is 30.8 Å². The number of carbonyl (C=O) groups excluding carboxylic acids is 2. The van der Waals surface area contributed by atoms with Crippen LogP contribution in [0.1, 0.15) is 68.7 Å². The van der Waals surface area contributed by atoms with E-state index >= 15 is 0 Å². The van der Waals surface area contributed by atoms with Gasteiger partial charge in [0.2, 0.25) is 21.8 Å². The molecule has 2 amide bonds. The lowest BCUT2D eigenvalue weighted by atomic mass is 10.0. The van der Waals surface area contributed by atoms with Crippen LogP contribution in [0.15, 0.2) is 42.5 Å². The van der Waals surface area contributed by atoms with Crippen molar-refractivity contribution < 1.29 is 18.0 Å². The zero-order valence-electron chi connectivity index (χ0n) is 23.4. The molecule has 8 heteroatoms. The average Bonchev–Trinajstić information content (AvgIpc) is 2.81. The topological polar surface area (TPSA) is 86.8 Å². The summed E-state index contributed by atoms with van der Waals surface area (Å²) in [7, 11) is -3.53. The first kappa shape index (κ1) is 30.4. The first-order valence-electron chi connectivity index (χ1n) is 13.1. The van der Waals surface area contributed by atoms with E-state index < -0.39 is 16.1 Å². The van der Waals surface area contributed by atoms with Crippen LogP contribution in [-0.2, 0) is 26.2 Å². The highest BCUT2D eigenvalue weighted by atomic mass is 32.2. The number of sulfonamides is 1. The number of rotatable bonds is 13. The minimum absolute atomic E-state index is 0.0121. The molecule has 0 radical (unpaired) electrons. The molecule has 0 heterocycles. The Morgan fingerprint density at radius 3 is 2.14 bits per heavy atom. The zero-order chi connectivity index (χ0) is 27.8. The molecule has 2 aromatic rings. The molecule has 0 bridgehead atoms. The van der Waals surface area contributed by atoms with Crippen molar-refractivity contribution in [1.82, 2.24) is 10.2 Å². The highest BCUT2D eigenvalue weighted by molar-refractivity contribution is 7.92. The zero-order valence-corrected chi connectivity index (χ0v) is 24.2. The lowest BCUT2D eigenvalue weighted by Crippen LogP contribution is -2.50. The molecule has 0 unspecified atom stereocenters. The minimum atomic E-state index is -3.53. The quantitative estimate of drug-likeness (QED) is 0.401. The fourth-order valence-electron chi connectivity index (χ4n) is 4.43. The fraction of sp³-hybridized carbons (Fsp3) is 0.517. The molecule has 0 spiro atoms. The summed E-state index contributed by atoms with van der Waals surface area (Å²) in [4.78, 5) is 28.4. The number of hydrogen-bond acceptors (Lipinski definition) is 4. The number of nitrogens with zero attached hydrogens (tertiary/aromatic N) is 2. The van der Waals surface area contributed by atoms with E-state index in [9.17, 15) is 18.0 Å². The molecular weight excluding hydrogens is 486 g/mol. The number of aryl methyl sites for hydroxylation is 3. The van der Waals surface area contributed by atoms with Gasteiger partial charge in [-0.05, 0) is 81.3 Å². The summed E-state index contributed by atoms with van der Waals surface area (Å²) in [5, 5.41) is 3.02. The molecule has 0 aromatic heterocycles. The fourth-order valence-corrected chi connectivity index (χ4v) is 5.38. The van der Waals surface area contributed by atoms with Crippen LogP contribution in [-0.4, -0.2) is 50.0 Å². The summed E-state index contributed by atoms with van der Waals surface area (Å²) in [6, 6.07) is 12.9. The largest absolute Gasteiger partial charge is 0.352 e. The Kier molecular flexibility index (Phi) is 11.2. The van der Waals surface area contributed by atoms with E-state index in [0.717, 1.165) is 28.7 Å². The number of nitrogens with one attached hydrogen (secondary N) is 1. The van der Waals surface area contributed by atoms with Crippen molar-refractivity contribution in [2.45, 2.75) is 85.9 Å². The molecule has 0 fully saturated rings. The lowest BCUT2D eigenvalue weighted by molar-refractivity contribution is -0.141. The SMILES string of the molecule is CC[C@@H](C)NC(=O)[C@@H](CC)N(Cc1ccccc1C)C(=O)CCCN(c1cc(C)cc(C)c1)S(C)(=O)=O. The maximum Gasteiger partial charge on any atom is 0.243 e. The maximum atomic E-state index is 13.6. The molecule has 2 rings (SSSR count). The highest BCUT2D eigenvalue weighted by Crippen LogP contribution is 2.23. The van der Waals surface area contributed by atoms with E-state index in [0.29, 0.717) is 25.1 Å². The van der Waals surface area contributed by atoms with E-state index in [1.807, 2.05) is 84.0 Å². The van der Waals surface area contributed by atoms with E-state index in [4.69, 9.17) is 0 Å². The molecule has 2 aromatic carbocycles. The van der Waals surface area contributed by atoms with Crippen LogP contribution in [0.2, 0.25) is 0 Å². The normalized spacial score (nSPS) is 13.1. The molecule has 0 aliphatic rings. The smallest absolute Gasteiger partial charge is 0.243 e. The third kappa shape index (κ3) is 8.88. The minimum Gasteiger partial charge on any atom is -0.352 e. The molecule has 1 N–H and O–H groups in total. The average molecular weight is 530 g/mol. The van der Waals surface area contributed by atoms with Crippen molar-refractivity contribution in [3.8, 4) is 0 Å². The van der Waals surface area contributed by atoms with Gasteiger partial charge in [-0.3, -0.25) is 13.9 Å². The molecule has 37 heavy (non-hydrogen) atoms. The second kappa shape index (κ2) is 13.6. The molecule has 204 valence electrons. The van der Waals surface area contributed by atoms with Crippen LogP contribution < -0.4 is 9.62 Å². The van der Waals surface area contributed by atoms with Crippen molar-refractivity contribution in [2.24, 2.45) is 0 Å². The number of amides is 2. The first-order valence-corrected chi connectivity index (χ1v) is 14.9. The number of carbonyl (C=O) groups is 2. The summed E-state index contributed by atoms with van der Waals surface area (Å²) < 4.78 is 26.6. The van der Waals surface area contributed by atoms with Crippen molar-refractivity contribution in [3.05, 3.63) is 64.7 Å². The molecule has 2 atom stereocenters. The van der Waals surface area contributed by atoms with Crippen LogP contribution in [0.5, 0.6) is 0 Å². The van der Waals surface area contributed by atoms with Gasteiger partial charge in [0, 0.05) is 25.6 Å². The molecule has 7 nitrogen and oxygen atoms in total. The van der Waals surface area contributed by atoms with Gasteiger partial charge < -0.3 is 10.2 Å². The Morgan fingerprint density at radius 1 is 0.973 bits per heavy atom. The van der Waals surface area contributed by atoms with Crippen LogP contribution >= 0.6 is 0 Å². The van der Waals surface area contributed by atoms with Gasteiger partial charge in [0.1, 0.15) is 6.04 Å². The Labute approximate surface area is 223 Å². The lowest BCUT2D eigenvalue weighted by Gasteiger charge is -2.32. The third-order valence-electron chi connectivity index (χ3n) is 6.64. The van der Waals surface area contributed by atoms with E-state index in [2.05, 4.69) is 5.32 Å². The number of benzene rings is 2. The molecule has 0 saturated heterocycles. The molecule has 0 aliphatic heterocycles. The van der Waals surface area contributed by atoms with Crippen molar-refractivity contribution >= 4 is 27.5 Å². The Hall–Kier alpha value is -2.87. The highest BCUT2D eigenvalue weighted by Gasteiger charge is 2.29. The number of hydrogen-bond donors (Lipinski definition) is 1. The van der Waals surface area contributed by atoms with Crippen molar-refractivity contribution in [1.29, 1.82) is 0 Å². The maximum absolute atomic E-state index is 13.6. The van der Waals surface area contributed by atoms with Crippen LogP contribution in [0.3, 0.4) is 0 Å². The van der Waals surface area contributed by atoms with Gasteiger partial charge in [-0.25, -0.2) is 8.42 Å². The Morgan fingerprint density at radius 2 is 1.59 bits per heavy atom. The van der Waals surface area contributed by atoms with Gasteiger partial charge in [-0.15, -0.1) is 0 Å². The van der Waals surface area contributed by atoms with Gasteiger partial charge >= 0.3 is 0 Å². The first-order chi connectivity index (χ1) is 17.4. The number of anilines is 1. The van der Waals surface area contributed by atoms with Gasteiger partial charge in [0.15, 0.2) is 0 Å². The second-order valence-corrected chi connectivity index (χ2v) is 11.9. The van der Waals surface area contributed by atoms with Crippen LogP contribution in [0.4, 0.5) is 5.69 Å². The monoisotopic (exact) mass is 529 g/mol. The molecule has 0 saturated carbocycles. The van der Waals surface area contributed by atoms with Gasteiger partial charge in [0.25, 0.3) is 0 Å². The summed E-state index contributed by atoms with van der Waals surface area (Å²) in [6.45, 7) is 12.2. The van der Waals surface area contributed by atoms with Crippen LogP contribution in [0.25, 0.3) is 0 Å². The summed E-state index contributed by atoms with van der Waals surface area (Å²) >= 11 is 0. The van der Waals surface area contributed by atoms with Crippen LogP contribution in [0, 0.1) is 20.8 Å². The predicted molar refractivity (Wildman–Crippen MR) is 151 cm³/mol. The van der Waals surface area contributed by atoms with E-state index in [1.54, 1.807) is 4.90 Å². The van der Waals surface area contributed by atoms with Crippen molar-refractivity contribution in [2.75, 3.05) is 17.1 Å². The van der Waals surface area contributed by atoms with Gasteiger partial charge in [-0.2, -0.15) is 0 Å². The van der Waals surface area contributed by atoms with Gasteiger partial charge in [-0.1, -0.05) is 44.2 Å². The van der Waals surface area contributed by atoms with Gasteiger partial charge in [0.05, 0.1) is 11.9 Å². The Bertz CT molecular complexity index is 1160. The standard InChI is InChI=1S/C29H43N3O4S/c1-8-24(6)30-29(34)27(9-2)31(20-25-14-11-10-13-23(25)5)28(33)15-12-16-32(37(7,35)36)26-18-21(3)17-22(4)19-26/h10-11,13-14,17-19,24,27H,8-9,12,15-16,20H2,1-7H3,(H,30,34)/t24-,27-/m1/s1.